The molecule has 1 saturated heterocycles. The molecule has 0 unspecified atom stereocenters. The van der Waals surface area contributed by atoms with Gasteiger partial charge in [0, 0.05) is 38.8 Å². The van der Waals surface area contributed by atoms with Crippen molar-refractivity contribution >= 4 is 23.6 Å². The number of imide groups is 2. The fourth-order valence-corrected chi connectivity index (χ4v) is 5.29. The van der Waals surface area contributed by atoms with Crippen LogP contribution >= 0.6 is 0 Å². The molecule has 38 heavy (non-hydrogen) atoms. The van der Waals surface area contributed by atoms with Gasteiger partial charge in [0.05, 0.1) is 65.5 Å². The maximum Gasteiger partial charge on any atom is 0.261 e. The van der Waals surface area contributed by atoms with Crippen LogP contribution in [0.1, 0.15) is 72.1 Å². The van der Waals surface area contributed by atoms with Crippen LogP contribution in [0.25, 0.3) is 0 Å². The molecular formula is C28H44Br2N4O4. The van der Waals surface area contributed by atoms with Crippen LogP contribution in [0, 0.1) is 0 Å². The summed E-state index contributed by atoms with van der Waals surface area (Å²) in [6, 6.07) is 7.06. The lowest BCUT2D eigenvalue weighted by atomic mass is 10.1. The first-order valence-corrected chi connectivity index (χ1v) is 13.4. The Hall–Kier alpha value is -1.62. The minimum Gasteiger partial charge on any atom is -1.00 e. The quantitative estimate of drug-likeness (QED) is 0.114. The number of carbonyl (C=O) groups excluding carboxylic acids is 4. The van der Waals surface area contributed by atoms with Crippen molar-refractivity contribution < 1.29 is 62.1 Å². The van der Waals surface area contributed by atoms with Gasteiger partial charge in [-0.05, 0) is 37.8 Å². The number of rotatable bonds is 15. The van der Waals surface area contributed by atoms with E-state index in [4.69, 9.17) is 0 Å². The largest absolute Gasteiger partial charge is 1.00 e. The van der Waals surface area contributed by atoms with Crippen LogP contribution in [0.15, 0.2) is 24.3 Å². The Morgan fingerprint density at radius 1 is 0.579 bits per heavy atom. The predicted octanol–water partition coefficient (Wildman–Crippen LogP) is -3.07. The summed E-state index contributed by atoms with van der Waals surface area (Å²) < 4.78 is 1.80. The summed E-state index contributed by atoms with van der Waals surface area (Å²) >= 11 is 0. The van der Waals surface area contributed by atoms with Crippen molar-refractivity contribution in [3.8, 4) is 0 Å². The van der Waals surface area contributed by atoms with Crippen molar-refractivity contribution in [1.82, 2.24) is 9.80 Å². The van der Waals surface area contributed by atoms with Crippen molar-refractivity contribution in [2.45, 2.75) is 51.4 Å². The minimum absolute atomic E-state index is 0. The molecule has 2 aliphatic heterocycles. The number of unbranched alkanes of at least 4 members (excludes halogenated alkanes) is 3. The minimum atomic E-state index is -0.166. The fraction of sp³-hybridized carbons (Fsp3) is 0.643. The summed E-state index contributed by atoms with van der Waals surface area (Å²) in [7, 11) is 8.89. The molecule has 0 radical (unpaired) electrons. The lowest BCUT2D eigenvalue weighted by Crippen LogP contribution is -3.00. The Labute approximate surface area is 249 Å². The summed E-state index contributed by atoms with van der Waals surface area (Å²) in [5, 5.41) is 0. The number of hydrogen-bond donors (Lipinski definition) is 0. The number of hydrogen-bond acceptors (Lipinski definition) is 4. The monoisotopic (exact) mass is 658 g/mol. The second-order valence-corrected chi connectivity index (χ2v) is 11.6. The third-order valence-corrected chi connectivity index (χ3v) is 7.60. The van der Waals surface area contributed by atoms with Crippen molar-refractivity contribution in [2.24, 2.45) is 0 Å². The topological polar surface area (TPSA) is 74.8 Å². The van der Waals surface area contributed by atoms with Crippen molar-refractivity contribution in [1.29, 1.82) is 0 Å². The zero-order valence-electron chi connectivity index (χ0n) is 23.4. The summed E-state index contributed by atoms with van der Waals surface area (Å²) in [6.07, 6.45) is 7.12. The van der Waals surface area contributed by atoms with Gasteiger partial charge in [0.25, 0.3) is 11.8 Å². The highest BCUT2D eigenvalue weighted by molar-refractivity contribution is 6.21. The van der Waals surface area contributed by atoms with E-state index in [1.165, 1.54) is 29.1 Å². The zero-order chi connectivity index (χ0) is 26.3. The summed E-state index contributed by atoms with van der Waals surface area (Å²) in [5.41, 5.74) is 1.05. The Bertz CT molecular complexity index is 932. The second kappa shape index (κ2) is 15.2. The highest BCUT2D eigenvalue weighted by atomic mass is 79.9. The molecule has 1 aromatic carbocycles. The van der Waals surface area contributed by atoms with Gasteiger partial charge in [-0.15, -0.1) is 0 Å². The lowest BCUT2D eigenvalue weighted by molar-refractivity contribution is -0.891. The maximum atomic E-state index is 12.5. The molecule has 8 nitrogen and oxygen atoms in total. The van der Waals surface area contributed by atoms with E-state index in [1.807, 2.05) is 0 Å². The number of nitrogens with zero attached hydrogens (tertiary/aromatic N) is 4. The first-order valence-electron chi connectivity index (χ1n) is 13.4. The molecule has 0 atom stereocenters. The summed E-state index contributed by atoms with van der Waals surface area (Å²) in [4.78, 5) is 51.3. The van der Waals surface area contributed by atoms with Gasteiger partial charge in [-0.25, -0.2) is 0 Å². The van der Waals surface area contributed by atoms with Gasteiger partial charge in [-0.2, -0.15) is 0 Å². The molecular weight excluding hydrogens is 616 g/mol. The van der Waals surface area contributed by atoms with Crippen molar-refractivity contribution in [2.75, 3.05) is 67.5 Å². The van der Waals surface area contributed by atoms with E-state index in [0.717, 1.165) is 54.4 Å². The molecule has 0 saturated carbocycles. The highest BCUT2D eigenvalue weighted by Crippen LogP contribution is 2.22. The third-order valence-electron chi connectivity index (χ3n) is 7.60. The Morgan fingerprint density at radius 3 is 1.37 bits per heavy atom. The second-order valence-electron chi connectivity index (χ2n) is 11.6. The normalized spacial score (nSPS) is 15.6. The van der Waals surface area contributed by atoms with Crippen LogP contribution in [0.5, 0.6) is 0 Å². The maximum absolute atomic E-state index is 12.5. The Kier molecular flexibility index (Phi) is 13.8. The average Bonchev–Trinajstić information content (AvgIpc) is 3.27. The molecule has 0 spiro atoms. The standard InChI is InChI=1S/C28H44N4O4.2BrH/c1-31(2,21-11-17-29-25(33)15-16-26(29)34)19-9-5-6-10-20-32(3,4)22-12-18-30-27(35)23-13-7-8-14-24(23)28(30)36;;/h7-8,13-14H,5-6,9-12,15-22H2,1-4H3;2*1H/q+2;;/p-2. The van der Waals surface area contributed by atoms with Gasteiger partial charge < -0.3 is 42.9 Å². The first kappa shape index (κ1) is 34.4. The highest BCUT2D eigenvalue weighted by Gasteiger charge is 2.35. The molecule has 1 fully saturated rings. The van der Waals surface area contributed by atoms with E-state index in [1.54, 1.807) is 24.3 Å². The average molecular weight is 660 g/mol. The van der Waals surface area contributed by atoms with E-state index in [0.29, 0.717) is 37.1 Å². The fourth-order valence-electron chi connectivity index (χ4n) is 5.29. The molecule has 0 N–H and O–H groups in total. The number of carbonyl (C=O) groups is 4. The van der Waals surface area contributed by atoms with Crippen molar-refractivity contribution in [3.63, 3.8) is 0 Å². The van der Waals surface area contributed by atoms with Gasteiger partial charge in [-0.1, -0.05) is 12.1 Å². The molecule has 0 aliphatic carbocycles. The predicted molar refractivity (Wildman–Crippen MR) is 139 cm³/mol. The van der Waals surface area contributed by atoms with Crippen LogP contribution in [-0.2, 0) is 9.59 Å². The number of amides is 4. The molecule has 1 aromatic rings. The summed E-state index contributed by atoms with van der Waals surface area (Å²) in [6.45, 7) is 5.10. The van der Waals surface area contributed by atoms with Crippen molar-refractivity contribution in [3.05, 3.63) is 35.4 Å². The van der Waals surface area contributed by atoms with Crippen LogP contribution < -0.4 is 34.0 Å². The molecule has 10 heteroatoms. The lowest BCUT2D eigenvalue weighted by Gasteiger charge is -2.31. The number of quaternary nitrogens is 2. The van der Waals surface area contributed by atoms with Crippen LogP contribution in [0.4, 0.5) is 0 Å². The zero-order valence-corrected chi connectivity index (χ0v) is 26.6. The number of benzene rings is 1. The van der Waals surface area contributed by atoms with E-state index in [-0.39, 0.29) is 57.6 Å². The van der Waals surface area contributed by atoms with Gasteiger partial charge in [0.2, 0.25) is 11.8 Å². The molecule has 0 bridgehead atoms. The molecule has 214 valence electrons. The SMILES string of the molecule is C[N+](C)(CCCCCC[N+](C)(C)CCCN1C(=O)c2ccccc2C1=O)CCCN1C(=O)CCC1=O.[Br-].[Br-]. The third kappa shape index (κ3) is 9.54. The van der Waals surface area contributed by atoms with E-state index < -0.39 is 0 Å². The molecule has 0 aromatic heterocycles. The number of fused-ring (bicyclic) bond motifs is 1. The smallest absolute Gasteiger partial charge is 0.261 e. The van der Waals surface area contributed by atoms with Crippen LogP contribution in [-0.4, -0.2) is 110 Å². The van der Waals surface area contributed by atoms with Gasteiger partial charge in [0.1, 0.15) is 0 Å². The van der Waals surface area contributed by atoms with Gasteiger partial charge >= 0.3 is 0 Å². The van der Waals surface area contributed by atoms with Crippen LogP contribution in [0.2, 0.25) is 0 Å². The Balaban J connectivity index is 0.00000361. The summed E-state index contributed by atoms with van der Waals surface area (Å²) in [5.74, 6) is -0.369. The van der Waals surface area contributed by atoms with E-state index in [9.17, 15) is 19.2 Å². The number of likely N-dealkylation sites (tertiary alicyclic amines) is 1. The van der Waals surface area contributed by atoms with Gasteiger partial charge in [-0.3, -0.25) is 29.0 Å². The first-order chi connectivity index (χ1) is 17.0. The molecule has 3 rings (SSSR count). The van der Waals surface area contributed by atoms with E-state index >= 15 is 0 Å². The Morgan fingerprint density at radius 2 is 0.947 bits per heavy atom. The molecule has 4 amide bonds. The molecule has 2 heterocycles. The number of halogens is 2. The molecule has 2 aliphatic rings. The van der Waals surface area contributed by atoms with Crippen LogP contribution in [0.3, 0.4) is 0 Å². The van der Waals surface area contributed by atoms with Gasteiger partial charge in [0.15, 0.2) is 0 Å². The van der Waals surface area contributed by atoms with E-state index in [2.05, 4.69) is 28.2 Å².